The Morgan fingerprint density at radius 2 is 1.75 bits per heavy atom. The van der Waals surface area contributed by atoms with Crippen molar-refractivity contribution in [2.45, 2.75) is 6.54 Å². The summed E-state index contributed by atoms with van der Waals surface area (Å²) in [7, 11) is 4.01. The molecule has 1 aliphatic rings. The number of nitrogens with zero attached hydrogens (tertiary/aromatic N) is 2. The average Bonchev–Trinajstić information content (AvgIpc) is 2.84. The Morgan fingerprint density at radius 1 is 1.08 bits per heavy atom. The molecule has 0 unspecified atom stereocenters. The molecule has 1 heterocycles. The van der Waals surface area contributed by atoms with Crippen LogP contribution in [-0.4, -0.2) is 29.2 Å². The van der Waals surface area contributed by atoms with E-state index in [1.807, 2.05) is 79.7 Å². The van der Waals surface area contributed by atoms with E-state index in [-0.39, 0.29) is 5.91 Å². The SMILES string of the molecule is CN(C)c1ccc(/C=C2/SC(=S)N(Cc3ccccc3)C2=O)cc1. The zero-order valence-corrected chi connectivity index (χ0v) is 15.2. The van der Waals surface area contributed by atoms with Gasteiger partial charge in [0, 0.05) is 19.8 Å². The van der Waals surface area contributed by atoms with Gasteiger partial charge in [-0.1, -0.05) is 66.4 Å². The zero-order valence-electron chi connectivity index (χ0n) is 13.6. The molecule has 0 saturated carbocycles. The number of thioether (sulfide) groups is 1. The minimum atomic E-state index is -0.0226. The molecule has 3 nitrogen and oxygen atoms in total. The molecule has 5 heteroatoms. The largest absolute Gasteiger partial charge is 0.378 e. The number of hydrogen-bond donors (Lipinski definition) is 0. The van der Waals surface area contributed by atoms with Gasteiger partial charge >= 0.3 is 0 Å². The van der Waals surface area contributed by atoms with Crippen molar-refractivity contribution in [1.29, 1.82) is 0 Å². The smallest absolute Gasteiger partial charge is 0.266 e. The van der Waals surface area contributed by atoms with Gasteiger partial charge in [-0.05, 0) is 29.3 Å². The maximum atomic E-state index is 12.6. The Kier molecular flexibility index (Phi) is 5.02. The quantitative estimate of drug-likeness (QED) is 0.608. The molecule has 24 heavy (non-hydrogen) atoms. The van der Waals surface area contributed by atoms with Crippen molar-refractivity contribution in [3.8, 4) is 0 Å². The van der Waals surface area contributed by atoms with Crippen molar-refractivity contribution in [1.82, 2.24) is 4.90 Å². The van der Waals surface area contributed by atoms with Crippen LogP contribution in [0.4, 0.5) is 5.69 Å². The fraction of sp³-hybridized carbons (Fsp3) is 0.158. The fourth-order valence-electron chi connectivity index (χ4n) is 2.42. The molecule has 0 atom stereocenters. The molecule has 1 amide bonds. The second kappa shape index (κ2) is 7.20. The van der Waals surface area contributed by atoms with Crippen LogP contribution in [0.2, 0.25) is 0 Å². The molecule has 0 radical (unpaired) electrons. The van der Waals surface area contributed by atoms with Crippen molar-refractivity contribution >= 4 is 46.0 Å². The minimum absolute atomic E-state index is 0.0226. The van der Waals surface area contributed by atoms with Gasteiger partial charge in [0.05, 0.1) is 11.4 Å². The Morgan fingerprint density at radius 3 is 2.38 bits per heavy atom. The van der Waals surface area contributed by atoms with E-state index in [4.69, 9.17) is 12.2 Å². The lowest BCUT2D eigenvalue weighted by Crippen LogP contribution is -2.27. The van der Waals surface area contributed by atoms with Crippen molar-refractivity contribution in [3.63, 3.8) is 0 Å². The van der Waals surface area contributed by atoms with E-state index in [0.717, 1.165) is 16.8 Å². The Bertz CT molecular complexity index is 783. The van der Waals surface area contributed by atoms with E-state index in [1.165, 1.54) is 11.8 Å². The topological polar surface area (TPSA) is 23.6 Å². The summed E-state index contributed by atoms with van der Waals surface area (Å²) in [5.41, 5.74) is 3.20. The second-order valence-electron chi connectivity index (χ2n) is 5.74. The van der Waals surface area contributed by atoms with Crippen LogP contribution in [0.1, 0.15) is 11.1 Å². The number of anilines is 1. The van der Waals surface area contributed by atoms with Crippen LogP contribution in [0.25, 0.3) is 6.08 Å². The lowest BCUT2D eigenvalue weighted by molar-refractivity contribution is -0.122. The van der Waals surface area contributed by atoms with E-state index < -0.39 is 0 Å². The van der Waals surface area contributed by atoms with Gasteiger partial charge in [0.15, 0.2) is 0 Å². The highest BCUT2D eigenvalue weighted by Crippen LogP contribution is 2.33. The normalized spacial score (nSPS) is 16.1. The average molecular weight is 354 g/mol. The van der Waals surface area contributed by atoms with Gasteiger partial charge in [0.1, 0.15) is 4.32 Å². The summed E-state index contributed by atoms with van der Waals surface area (Å²) in [4.78, 5) is 17.0. The first-order valence-electron chi connectivity index (χ1n) is 7.61. The molecule has 1 saturated heterocycles. The van der Waals surface area contributed by atoms with Gasteiger partial charge < -0.3 is 4.90 Å². The van der Waals surface area contributed by atoms with Gasteiger partial charge in [0.25, 0.3) is 5.91 Å². The van der Waals surface area contributed by atoms with Crippen LogP contribution < -0.4 is 4.90 Å². The molecule has 2 aromatic rings. The van der Waals surface area contributed by atoms with Crippen LogP contribution in [0.15, 0.2) is 59.5 Å². The predicted molar refractivity (Wildman–Crippen MR) is 106 cm³/mol. The van der Waals surface area contributed by atoms with Crippen LogP contribution in [-0.2, 0) is 11.3 Å². The van der Waals surface area contributed by atoms with Gasteiger partial charge in [-0.25, -0.2) is 0 Å². The number of hydrogen-bond acceptors (Lipinski definition) is 4. The van der Waals surface area contributed by atoms with E-state index in [1.54, 1.807) is 4.90 Å². The van der Waals surface area contributed by atoms with Gasteiger partial charge in [-0.15, -0.1) is 0 Å². The van der Waals surface area contributed by atoms with E-state index in [0.29, 0.717) is 15.8 Å². The van der Waals surface area contributed by atoms with Gasteiger partial charge in [-0.2, -0.15) is 0 Å². The number of amides is 1. The summed E-state index contributed by atoms with van der Waals surface area (Å²) in [6.07, 6.45) is 1.91. The highest BCUT2D eigenvalue weighted by atomic mass is 32.2. The van der Waals surface area contributed by atoms with Crippen LogP contribution >= 0.6 is 24.0 Å². The number of carbonyl (C=O) groups is 1. The first kappa shape index (κ1) is 16.7. The van der Waals surface area contributed by atoms with Crippen LogP contribution in [0, 0.1) is 0 Å². The lowest BCUT2D eigenvalue weighted by atomic mass is 10.1. The third-order valence-corrected chi connectivity index (χ3v) is 5.14. The number of carbonyl (C=O) groups excluding carboxylic acids is 1. The molecule has 0 aromatic heterocycles. The van der Waals surface area contributed by atoms with E-state index in [2.05, 4.69) is 0 Å². The van der Waals surface area contributed by atoms with Crippen LogP contribution in [0.3, 0.4) is 0 Å². The second-order valence-corrected chi connectivity index (χ2v) is 7.42. The molecule has 2 aromatic carbocycles. The summed E-state index contributed by atoms with van der Waals surface area (Å²) in [6, 6.07) is 18.0. The third kappa shape index (κ3) is 3.68. The molecule has 3 rings (SSSR count). The van der Waals surface area contributed by atoms with Crippen molar-refractivity contribution < 1.29 is 4.79 Å². The summed E-state index contributed by atoms with van der Waals surface area (Å²) in [5, 5.41) is 0. The third-order valence-electron chi connectivity index (χ3n) is 3.76. The first-order valence-corrected chi connectivity index (χ1v) is 8.84. The summed E-state index contributed by atoms with van der Waals surface area (Å²) in [5.74, 6) is -0.0226. The zero-order chi connectivity index (χ0) is 17.1. The monoisotopic (exact) mass is 354 g/mol. The molecule has 0 bridgehead atoms. The Balaban J connectivity index is 1.78. The predicted octanol–water partition coefficient (Wildman–Crippen LogP) is 4.15. The van der Waals surface area contributed by atoms with Crippen molar-refractivity contribution in [2.75, 3.05) is 19.0 Å². The summed E-state index contributed by atoms with van der Waals surface area (Å²) >= 11 is 6.75. The van der Waals surface area contributed by atoms with Gasteiger partial charge in [-0.3, -0.25) is 9.69 Å². The van der Waals surface area contributed by atoms with Gasteiger partial charge in [0.2, 0.25) is 0 Å². The number of thiocarbonyl (C=S) groups is 1. The highest BCUT2D eigenvalue weighted by Gasteiger charge is 2.31. The number of benzene rings is 2. The van der Waals surface area contributed by atoms with Crippen LogP contribution in [0.5, 0.6) is 0 Å². The standard InChI is InChI=1S/C19H18N2OS2/c1-20(2)16-10-8-14(9-11-16)12-17-18(22)21(19(23)24-17)13-15-6-4-3-5-7-15/h3-12H,13H2,1-2H3/b17-12+. The lowest BCUT2D eigenvalue weighted by Gasteiger charge is -2.14. The molecule has 1 fully saturated rings. The maximum absolute atomic E-state index is 12.6. The first-order chi connectivity index (χ1) is 11.5. The Hall–Kier alpha value is -2.11. The molecule has 1 aliphatic heterocycles. The molecular formula is C19H18N2OS2. The molecule has 0 aliphatic carbocycles. The summed E-state index contributed by atoms with van der Waals surface area (Å²) in [6.45, 7) is 0.516. The minimum Gasteiger partial charge on any atom is -0.378 e. The van der Waals surface area contributed by atoms with Crippen molar-refractivity contribution in [3.05, 3.63) is 70.6 Å². The maximum Gasteiger partial charge on any atom is 0.266 e. The molecule has 122 valence electrons. The molecular weight excluding hydrogens is 336 g/mol. The number of rotatable bonds is 4. The van der Waals surface area contributed by atoms with Crippen molar-refractivity contribution in [2.24, 2.45) is 0 Å². The highest BCUT2D eigenvalue weighted by molar-refractivity contribution is 8.26. The summed E-state index contributed by atoms with van der Waals surface area (Å²) < 4.78 is 0.611. The van der Waals surface area contributed by atoms with E-state index >= 15 is 0 Å². The van der Waals surface area contributed by atoms with E-state index in [9.17, 15) is 4.79 Å². The molecule has 0 N–H and O–H groups in total. The Labute approximate surface area is 152 Å². The fourth-order valence-corrected chi connectivity index (χ4v) is 3.68. The molecule has 0 spiro atoms.